The van der Waals surface area contributed by atoms with Crippen LogP contribution in [-0.2, 0) is 13.0 Å². The van der Waals surface area contributed by atoms with Gasteiger partial charge in [-0.05, 0) is 36.2 Å². The van der Waals surface area contributed by atoms with Crippen molar-refractivity contribution in [2.24, 2.45) is 0 Å². The highest BCUT2D eigenvalue weighted by molar-refractivity contribution is 6.60. The molecular weight excluding hydrogens is 463 g/mol. The molecule has 0 bridgehead atoms. The number of pyridine rings is 3. The van der Waals surface area contributed by atoms with Crippen LogP contribution in [-0.4, -0.2) is 80.7 Å². The third kappa shape index (κ3) is 7.01. The normalized spacial score (nSPS) is 13.9. The Balaban J connectivity index is 0.00000186. The van der Waals surface area contributed by atoms with Gasteiger partial charge >= 0.3 is 0 Å². The Kier molecular flexibility index (Phi) is 9.16. The van der Waals surface area contributed by atoms with Gasteiger partial charge in [0.25, 0.3) is 11.5 Å². The van der Waals surface area contributed by atoms with Gasteiger partial charge in [0.05, 0.1) is 40.3 Å². The highest BCUT2D eigenvalue weighted by atomic mass is 16.2. The summed E-state index contributed by atoms with van der Waals surface area (Å²) in [4.78, 5) is 40.3. The molecule has 6 radical (unpaired) electrons. The highest BCUT2D eigenvalue weighted by Crippen LogP contribution is 2.22. The van der Waals surface area contributed by atoms with Gasteiger partial charge in [-0.15, -0.1) is 0 Å². The van der Waals surface area contributed by atoms with Crippen LogP contribution < -0.4 is 15.8 Å². The van der Waals surface area contributed by atoms with E-state index in [1.807, 2.05) is 39.1 Å². The number of aryl methyl sites for hydroxylation is 1. The number of amides is 1. The monoisotopic (exact) mass is 491 g/mol. The van der Waals surface area contributed by atoms with Crippen LogP contribution >= 0.6 is 0 Å². The zero-order valence-electron chi connectivity index (χ0n) is 21.4. The number of piperazine rings is 1. The second-order valence-corrected chi connectivity index (χ2v) is 8.58. The smallest absolute Gasteiger partial charge is 0.268 e. The van der Waals surface area contributed by atoms with Gasteiger partial charge in [-0.2, -0.15) is 5.26 Å². The summed E-state index contributed by atoms with van der Waals surface area (Å²) in [6.07, 6.45) is 2.50. The van der Waals surface area contributed by atoms with E-state index in [0.29, 0.717) is 31.7 Å². The molecule has 1 aliphatic heterocycles. The van der Waals surface area contributed by atoms with Crippen molar-refractivity contribution < 1.29 is 4.79 Å². The van der Waals surface area contributed by atoms with Crippen LogP contribution in [0.2, 0.25) is 0 Å². The molecule has 1 saturated heterocycles. The highest BCUT2D eigenvalue weighted by Gasteiger charge is 2.22. The molecule has 184 valence electrons. The van der Waals surface area contributed by atoms with Gasteiger partial charge in [0, 0.05) is 44.5 Å². The fourth-order valence-corrected chi connectivity index (χ4v) is 4.10. The maximum atomic E-state index is 12.2. The summed E-state index contributed by atoms with van der Waals surface area (Å²) in [6.45, 7) is 9.50. The lowest BCUT2D eigenvalue weighted by atomic mass is 9.49. The third-order valence-electron chi connectivity index (χ3n) is 5.87. The van der Waals surface area contributed by atoms with E-state index in [2.05, 4.69) is 36.1 Å². The molecule has 3 aromatic heterocycles. The molecule has 1 fully saturated rings. The van der Waals surface area contributed by atoms with Gasteiger partial charge in [0.15, 0.2) is 5.69 Å². The zero-order valence-corrected chi connectivity index (χ0v) is 21.4. The molecule has 0 unspecified atom stereocenters. The Morgan fingerprint density at radius 2 is 1.89 bits per heavy atom. The van der Waals surface area contributed by atoms with Crippen molar-refractivity contribution in [2.75, 3.05) is 31.1 Å². The van der Waals surface area contributed by atoms with Crippen LogP contribution in [0.3, 0.4) is 0 Å². The minimum atomic E-state index is -1.88. The molecule has 1 aliphatic rings. The number of rotatable bonds is 6. The van der Waals surface area contributed by atoms with E-state index in [1.165, 1.54) is 6.07 Å². The molecule has 0 atom stereocenters. The van der Waals surface area contributed by atoms with E-state index in [-0.39, 0.29) is 16.9 Å². The van der Waals surface area contributed by atoms with Gasteiger partial charge in [-0.3, -0.25) is 19.5 Å². The van der Waals surface area contributed by atoms with Crippen LogP contribution in [0.25, 0.3) is 11.0 Å². The number of nitriles is 1. The van der Waals surface area contributed by atoms with Crippen molar-refractivity contribution in [1.82, 2.24) is 25.2 Å². The number of hydrogen-bond acceptors (Lipinski definition) is 7. The molecule has 0 spiro atoms. The number of fused-ring (bicyclic) bond motifs is 1. The Morgan fingerprint density at radius 3 is 2.51 bits per heavy atom. The summed E-state index contributed by atoms with van der Waals surface area (Å²) in [5.41, 5.74) is 3.95. The molecule has 4 heterocycles. The predicted octanol–water partition coefficient (Wildman–Crippen LogP) is 0.947. The van der Waals surface area contributed by atoms with Gasteiger partial charge in [-0.1, -0.05) is 26.0 Å². The minimum Gasteiger partial charge on any atom is -0.371 e. The quantitative estimate of drug-likeness (QED) is 0.494. The average molecular weight is 491 g/mol. The van der Waals surface area contributed by atoms with Gasteiger partial charge in [0.2, 0.25) is 0 Å². The van der Waals surface area contributed by atoms with Gasteiger partial charge in [-0.25, -0.2) is 4.98 Å². The number of carbonyl (C=O) groups excluding carboxylic acids is 1. The third-order valence-corrected chi connectivity index (χ3v) is 5.87. The van der Waals surface area contributed by atoms with Crippen molar-refractivity contribution in [2.45, 2.75) is 39.0 Å². The largest absolute Gasteiger partial charge is 0.371 e. The average Bonchev–Trinajstić information content (AvgIpc) is 2.88. The van der Waals surface area contributed by atoms with E-state index in [9.17, 15) is 14.9 Å². The fourth-order valence-electron chi connectivity index (χ4n) is 4.10. The molecule has 2 N–H and O–H groups in total. The van der Waals surface area contributed by atoms with E-state index in [1.54, 1.807) is 6.07 Å². The van der Waals surface area contributed by atoms with Crippen LogP contribution in [0.4, 0.5) is 5.69 Å². The molecule has 4 rings (SSSR count). The molecule has 0 saturated carbocycles. The first-order chi connectivity index (χ1) is 17.7. The Morgan fingerprint density at radius 1 is 1.19 bits per heavy atom. The second-order valence-electron chi connectivity index (χ2n) is 8.58. The summed E-state index contributed by atoms with van der Waals surface area (Å²) in [5, 5.41) is 9.92. The summed E-state index contributed by atoms with van der Waals surface area (Å²) >= 11 is 0. The molecule has 3 aromatic rings. The molecule has 12 heteroatoms. The number of nitrogens with one attached hydrogen (secondary N) is 2. The van der Waals surface area contributed by atoms with E-state index >= 15 is 0 Å². The van der Waals surface area contributed by atoms with Gasteiger partial charge < -0.3 is 15.2 Å². The molecule has 0 aromatic carbocycles. The maximum absolute atomic E-state index is 12.2. The molecule has 37 heavy (non-hydrogen) atoms. The zero-order chi connectivity index (χ0) is 27.2. The lowest BCUT2D eigenvalue weighted by Gasteiger charge is -2.36. The molecule has 1 amide bonds. The topological polar surface area (TPSA) is 118 Å². The summed E-state index contributed by atoms with van der Waals surface area (Å²) < 4.78 is 0. The van der Waals surface area contributed by atoms with Crippen molar-refractivity contribution in [3.8, 4) is 6.07 Å². The molecule has 0 aliphatic carbocycles. The van der Waals surface area contributed by atoms with E-state index < -0.39 is 11.1 Å². The number of H-pyrrole nitrogens is 1. The van der Waals surface area contributed by atoms with Crippen LogP contribution in [0, 0.1) is 11.3 Å². The van der Waals surface area contributed by atoms with Crippen molar-refractivity contribution in [3.63, 3.8) is 0 Å². The van der Waals surface area contributed by atoms with Gasteiger partial charge in [0.1, 0.15) is 11.8 Å². The van der Waals surface area contributed by atoms with Crippen molar-refractivity contribution >= 4 is 46.2 Å². The number of aromatic nitrogens is 3. The van der Waals surface area contributed by atoms with Crippen LogP contribution in [0.15, 0.2) is 35.3 Å². The Hall–Kier alpha value is -3.58. The summed E-state index contributed by atoms with van der Waals surface area (Å²) in [5.74, 6) is -0.665. The van der Waals surface area contributed by atoms with Crippen molar-refractivity contribution in [1.29, 1.82) is 5.26 Å². The molecular formula is C25H28B3N7O2. The number of hydrogen-bond donors (Lipinski definition) is 2. The first-order valence-electron chi connectivity index (χ1n) is 12.2. The van der Waals surface area contributed by atoms with Crippen LogP contribution in [0.1, 0.15) is 48.1 Å². The summed E-state index contributed by atoms with van der Waals surface area (Å²) in [7, 11) is 16.2. The predicted molar refractivity (Wildman–Crippen MR) is 147 cm³/mol. The Labute approximate surface area is 220 Å². The first kappa shape index (κ1) is 28.0. The number of carbonyl (C=O) groups is 1. The molecule has 9 nitrogen and oxygen atoms in total. The lowest BCUT2D eigenvalue weighted by molar-refractivity contribution is 0.0947. The maximum Gasteiger partial charge on any atom is 0.268 e. The second kappa shape index (κ2) is 12.1. The fraction of sp³-hybridized carbons (Fsp3) is 0.400. The lowest BCUT2D eigenvalue weighted by Crippen LogP contribution is -2.50. The van der Waals surface area contributed by atoms with Crippen LogP contribution in [0.5, 0.6) is 0 Å². The number of nitrogens with zero attached hydrogens (tertiary/aromatic N) is 5. The van der Waals surface area contributed by atoms with Crippen molar-refractivity contribution in [3.05, 3.63) is 63.3 Å². The number of anilines is 1. The van der Waals surface area contributed by atoms with E-state index in [4.69, 9.17) is 23.5 Å². The van der Waals surface area contributed by atoms with E-state index in [0.717, 1.165) is 35.2 Å². The standard InChI is InChI=1S/C23H22B3N7O2.C2H6/c1-2-15-10-17-18(30-21(15)34)9-14(12-28-17)13-32-5-7-33(8-6-32)20-4-3-16(29-19(20)11-27)22(35)31-23(24,25)26;1-2/h3-4,9-10,12H,2,5-8,13H2,1H3,(H,30,34)(H,31,35);1-2H3. The first-order valence-corrected chi connectivity index (χ1v) is 12.2. The SMILES string of the molecule is CC.[B]C([B])([B])NC(=O)c1ccc(N2CCN(Cc3cnc4cc(CC)c(=O)[nH]c4c3)CC2)c(C#N)n1. The summed E-state index contributed by atoms with van der Waals surface area (Å²) in [6, 6.07) is 9.06. The Bertz CT molecular complexity index is 1360. The number of aromatic amines is 1. The minimum absolute atomic E-state index is 0.00237.